The van der Waals surface area contributed by atoms with E-state index >= 15 is 0 Å². The van der Waals surface area contributed by atoms with Gasteiger partial charge in [-0.1, -0.05) is 0 Å². The summed E-state index contributed by atoms with van der Waals surface area (Å²) in [6.45, 7) is 0. The van der Waals surface area contributed by atoms with E-state index in [9.17, 15) is 0 Å². The maximum absolute atomic E-state index is 4.50. The predicted molar refractivity (Wildman–Crippen MR) is 80.5 cm³/mol. The van der Waals surface area contributed by atoms with Gasteiger partial charge in [0.2, 0.25) is 0 Å². The molecule has 2 aromatic rings. The Kier molecular flexibility index (Phi) is 4.11. The van der Waals surface area contributed by atoms with E-state index in [1.54, 1.807) is 0 Å². The third-order valence-electron chi connectivity index (χ3n) is 1.96. The summed E-state index contributed by atoms with van der Waals surface area (Å²) in [5.41, 5.74) is 0. The van der Waals surface area contributed by atoms with Gasteiger partial charge in [-0.25, -0.2) is 0 Å². The summed E-state index contributed by atoms with van der Waals surface area (Å²) in [6, 6.07) is 18.9. The Balaban J connectivity index is 2.37. The number of thiol groups is 1. The van der Waals surface area contributed by atoms with E-state index in [2.05, 4.69) is 61.7 Å². The van der Waals surface area contributed by atoms with E-state index < -0.39 is 17.6 Å². The van der Waals surface area contributed by atoms with Crippen LogP contribution in [0.5, 0.6) is 0 Å². The Labute approximate surface area is 109 Å². The van der Waals surface area contributed by atoms with Gasteiger partial charge in [-0.2, -0.15) is 0 Å². The van der Waals surface area contributed by atoms with Crippen molar-refractivity contribution in [3.8, 4) is 0 Å². The molecule has 0 aliphatic rings. The van der Waals surface area contributed by atoms with Crippen LogP contribution in [0, 0.1) is 7.14 Å². The van der Waals surface area contributed by atoms with Gasteiger partial charge in [0.15, 0.2) is 0 Å². The second kappa shape index (κ2) is 5.37. The van der Waals surface area contributed by atoms with Crippen LogP contribution in [-0.4, -0.2) is 0 Å². The molecule has 15 heavy (non-hydrogen) atoms. The van der Waals surface area contributed by atoms with Gasteiger partial charge in [0.1, 0.15) is 0 Å². The fourth-order valence-corrected chi connectivity index (χ4v) is 8.74. The Morgan fingerprint density at radius 3 is 2.13 bits per heavy atom. The molecule has 0 N–H and O–H groups in total. The van der Waals surface area contributed by atoms with Gasteiger partial charge in [0, 0.05) is 0 Å². The van der Waals surface area contributed by atoms with Crippen LogP contribution in [0.3, 0.4) is 0 Å². The van der Waals surface area contributed by atoms with E-state index in [0.717, 1.165) is 4.90 Å². The molecule has 0 saturated heterocycles. The van der Waals surface area contributed by atoms with Crippen molar-refractivity contribution in [2.75, 3.05) is 0 Å². The fourth-order valence-electron chi connectivity index (χ4n) is 1.23. The van der Waals surface area contributed by atoms with Gasteiger partial charge >= 0.3 is 110 Å². The van der Waals surface area contributed by atoms with Crippen LogP contribution in [0.4, 0.5) is 0 Å². The molecule has 0 saturated carbocycles. The molecular formula is C12H10BrIS. The standard InChI is InChI=1S/C12H10BrIS/c13-14(10-6-2-1-3-7-10)11-8-4-5-9-12(11)15/h1-9,15H. The van der Waals surface area contributed by atoms with Crippen molar-refractivity contribution in [1.29, 1.82) is 0 Å². The summed E-state index contributed by atoms with van der Waals surface area (Å²) in [4.78, 5) is 1.09. The number of hydrogen-bond donors (Lipinski definition) is 1. The number of rotatable bonds is 2. The zero-order valence-corrected chi connectivity index (χ0v) is 12.5. The van der Waals surface area contributed by atoms with Crippen LogP contribution in [-0.2, 0) is 0 Å². The molecule has 0 aliphatic heterocycles. The average molecular weight is 393 g/mol. The molecule has 2 rings (SSSR count). The van der Waals surface area contributed by atoms with Crippen molar-refractivity contribution in [2.24, 2.45) is 0 Å². The molecule has 0 nitrogen and oxygen atoms in total. The molecule has 0 aromatic heterocycles. The number of halogens is 2. The molecule has 0 heterocycles. The quantitative estimate of drug-likeness (QED) is 0.549. The fraction of sp³-hybridized carbons (Fsp3) is 0. The van der Waals surface area contributed by atoms with Crippen molar-refractivity contribution in [3.05, 3.63) is 61.7 Å². The van der Waals surface area contributed by atoms with Gasteiger partial charge in [-0.05, 0) is 0 Å². The van der Waals surface area contributed by atoms with Crippen molar-refractivity contribution in [1.82, 2.24) is 0 Å². The Morgan fingerprint density at radius 2 is 1.47 bits per heavy atom. The predicted octanol–water partition coefficient (Wildman–Crippen LogP) is 4.83. The summed E-state index contributed by atoms with van der Waals surface area (Å²) in [7, 11) is 0. The van der Waals surface area contributed by atoms with Gasteiger partial charge in [-0.3, -0.25) is 0 Å². The summed E-state index contributed by atoms with van der Waals surface area (Å²) in [5.74, 6) is 0. The maximum atomic E-state index is 4.50. The van der Waals surface area contributed by atoms with Crippen molar-refractivity contribution in [3.63, 3.8) is 0 Å². The minimum absolute atomic E-state index is 1.09. The zero-order valence-electron chi connectivity index (χ0n) is 7.90. The summed E-state index contributed by atoms with van der Waals surface area (Å²) < 4.78 is 2.76. The van der Waals surface area contributed by atoms with Gasteiger partial charge in [-0.15, -0.1) is 0 Å². The van der Waals surface area contributed by atoms with Gasteiger partial charge in [0.05, 0.1) is 0 Å². The molecule has 0 radical (unpaired) electrons. The SMILES string of the molecule is Sc1ccccc1I(Br)c1ccccc1. The summed E-state index contributed by atoms with van der Waals surface area (Å²) in [6.07, 6.45) is 0. The molecule has 0 bridgehead atoms. The van der Waals surface area contributed by atoms with E-state index in [0.29, 0.717) is 0 Å². The van der Waals surface area contributed by atoms with Crippen LogP contribution in [0.15, 0.2) is 59.5 Å². The summed E-state index contributed by atoms with van der Waals surface area (Å²) in [5, 5.41) is 0. The second-order valence-corrected chi connectivity index (χ2v) is 11.3. The second-order valence-electron chi connectivity index (χ2n) is 2.98. The first kappa shape index (κ1) is 11.5. The van der Waals surface area contributed by atoms with Crippen molar-refractivity contribution < 1.29 is 0 Å². The number of hydrogen-bond acceptors (Lipinski definition) is 1. The first-order valence-corrected chi connectivity index (χ1v) is 11.9. The zero-order chi connectivity index (χ0) is 10.7. The first-order valence-electron chi connectivity index (χ1n) is 4.48. The van der Waals surface area contributed by atoms with E-state index in [4.69, 9.17) is 0 Å². The molecule has 0 unspecified atom stereocenters. The molecule has 0 aliphatic carbocycles. The van der Waals surface area contributed by atoms with Crippen LogP contribution in [0.25, 0.3) is 0 Å². The normalized spacial score (nSPS) is 11.2. The van der Waals surface area contributed by atoms with Gasteiger partial charge < -0.3 is 0 Å². The van der Waals surface area contributed by atoms with E-state index in [-0.39, 0.29) is 0 Å². The minimum atomic E-state index is -1.41. The molecular weight excluding hydrogens is 383 g/mol. The third kappa shape index (κ3) is 2.77. The molecule has 0 amide bonds. The topological polar surface area (TPSA) is 0 Å². The molecule has 0 atom stereocenters. The average Bonchev–Trinajstić information content (AvgIpc) is 2.30. The molecule has 78 valence electrons. The Hall–Kier alpha value is -0.000000000000000111. The van der Waals surface area contributed by atoms with E-state index in [1.807, 2.05) is 18.2 Å². The first-order chi connectivity index (χ1) is 7.29. The molecule has 0 spiro atoms. The third-order valence-corrected chi connectivity index (χ3v) is 11.0. The molecule has 3 heteroatoms. The van der Waals surface area contributed by atoms with E-state index in [1.165, 1.54) is 7.14 Å². The van der Waals surface area contributed by atoms with Crippen molar-refractivity contribution in [2.45, 2.75) is 4.90 Å². The van der Waals surface area contributed by atoms with Crippen LogP contribution in [0.1, 0.15) is 0 Å². The molecule has 0 fully saturated rings. The Bertz CT molecular complexity index is 444. The molecule has 2 aromatic carbocycles. The summed E-state index contributed by atoms with van der Waals surface area (Å²) >= 11 is 6.94. The van der Waals surface area contributed by atoms with Crippen molar-refractivity contribution >= 4 is 42.9 Å². The number of benzene rings is 2. The Morgan fingerprint density at radius 1 is 0.867 bits per heavy atom. The van der Waals surface area contributed by atoms with Crippen LogP contribution >= 0.6 is 42.9 Å². The van der Waals surface area contributed by atoms with Gasteiger partial charge in [0.25, 0.3) is 0 Å². The van der Waals surface area contributed by atoms with Crippen LogP contribution in [0.2, 0.25) is 0 Å². The van der Waals surface area contributed by atoms with Crippen LogP contribution < -0.4 is 0 Å². The monoisotopic (exact) mass is 392 g/mol.